The van der Waals surface area contributed by atoms with Crippen molar-refractivity contribution in [2.45, 2.75) is 39.6 Å². The first-order valence-electron chi connectivity index (χ1n) is 14.2. The van der Waals surface area contributed by atoms with Crippen LogP contribution in [0.2, 0.25) is 0 Å². The third kappa shape index (κ3) is 17.6. The minimum Gasteiger partial charge on any atom is -0.538 e. The van der Waals surface area contributed by atoms with Crippen molar-refractivity contribution < 1.29 is 91.8 Å². The van der Waals surface area contributed by atoms with Gasteiger partial charge in [-0.15, -0.1) is 13.1 Å². The van der Waals surface area contributed by atoms with Crippen LogP contribution in [0.3, 0.4) is 0 Å². The number of ether oxygens (including phenoxy) is 2. The summed E-state index contributed by atoms with van der Waals surface area (Å²) >= 11 is 0. The molecule has 52 heavy (non-hydrogen) atoms. The van der Waals surface area contributed by atoms with Gasteiger partial charge in [0.1, 0.15) is 0 Å². The number of alkyl halides is 6. The zero-order chi connectivity index (χ0) is 38.9. The van der Waals surface area contributed by atoms with Gasteiger partial charge < -0.3 is 18.9 Å². The Morgan fingerprint density at radius 3 is 1.06 bits per heavy atom. The first-order valence-corrected chi connectivity index (χ1v) is 18.3. The van der Waals surface area contributed by atoms with Gasteiger partial charge in [-0.2, -0.15) is 26.3 Å². The number of rotatable bonds is 13. The van der Waals surface area contributed by atoms with Crippen LogP contribution in [0.15, 0.2) is 130 Å². The van der Waals surface area contributed by atoms with Crippen molar-refractivity contribution in [2.24, 2.45) is 0 Å². The first-order chi connectivity index (χ1) is 23.6. The Kier molecular flexibility index (Phi) is 21.4. The maximum Gasteiger partial charge on any atom is 1.00 e. The van der Waals surface area contributed by atoms with Crippen LogP contribution in [0.4, 0.5) is 26.3 Å². The summed E-state index contributed by atoms with van der Waals surface area (Å²) < 4.78 is 125. The standard InChI is InChI=1S/C18H15S.2C7H9F3NO4S.Na/c1-4-10-16(11-5-1)19(17-12-6-2-7-13-17)18-14-8-3-9-15-18;2*1-5(2)6(12)15-4-3-11-16(13,14)7(8,9)10;/h1-15H;2*1,3-4H2,2H3;/q+1;2*-1;+1. The molecule has 0 saturated heterocycles. The molecule has 0 atom stereocenters. The normalized spacial score (nSPS) is 11.4. The number of nitrogens with zero attached hydrogens (tertiary/aromatic N) is 2. The summed E-state index contributed by atoms with van der Waals surface area (Å²) in [4.78, 5) is 25.5. The van der Waals surface area contributed by atoms with Crippen molar-refractivity contribution in [2.75, 3.05) is 26.3 Å². The third-order valence-corrected chi connectivity index (χ3v) is 9.84. The van der Waals surface area contributed by atoms with E-state index < -0.39 is 69.3 Å². The van der Waals surface area contributed by atoms with Gasteiger partial charge in [-0.3, -0.25) is 0 Å². The van der Waals surface area contributed by atoms with Gasteiger partial charge in [-0.1, -0.05) is 67.8 Å². The van der Waals surface area contributed by atoms with Crippen LogP contribution in [0, 0.1) is 0 Å². The number of carbonyl (C=O) groups excluding carboxylic acids is 2. The van der Waals surface area contributed by atoms with Gasteiger partial charge in [0, 0.05) is 11.1 Å². The summed E-state index contributed by atoms with van der Waals surface area (Å²) in [6, 6.07) is 32.2. The van der Waals surface area contributed by atoms with Gasteiger partial charge in [0.15, 0.2) is 34.7 Å². The molecule has 3 aromatic carbocycles. The zero-order valence-corrected chi connectivity index (χ0v) is 32.5. The van der Waals surface area contributed by atoms with E-state index in [0.717, 1.165) is 0 Å². The molecule has 3 rings (SSSR count). The number of carbonyl (C=O) groups is 2. The molecule has 0 aliphatic rings. The number of halogens is 6. The summed E-state index contributed by atoms with van der Waals surface area (Å²) in [5, 5.41) is 0. The zero-order valence-electron chi connectivity index (χ0n) is 28.1. The third-order valence-electron chi connectivity index (χ3n) is 5.39. The molecule has 3 aromatic rings. The van der Waals surface area contributed by atoms with E-state index in [4.69, 9.17) is 0 Å². The fraction of sp³-hybridized carbons (Fsp3) is 0.250. The molecule has 0 saturated carbocycles. The van der Waals surface area contributed by atoms with Crippen molar-refractivity contribution in [1.82, 2.24) is 0 Å². The quantitative estimate of drug-likeness (QED) is 0.0615. The second-order valence-electron chi connectivity index (χ2n) is 9.62. The van der Waals surface area contributed by atoms with E-state index in [2.05, 4.69) is 123 Å². The van der Waals surface area contributed by atoms with Crippen molar-refractivity contribution in [3.05, 3.63) is 125 Å². The average molecular weight is 807 g/mol. The van der Waals surface area contributed by atoms with Gasteiger partial charge in [-0.05, 0) is 50.2 Å². The molecule has 280 valence electrons. The maximum atomic E-state index is 11.7. The topological polar surface area (TPSA) is 149 Å². The van der Waals surface area contributed by atoms with Gasteiger partial charge in [0.2, 0.25) is 0 Å². The van der Waals surface area contributed by atoms with E-state index in [1.807, 2.05) is 0 Å². The monoisotopic (exact) mass is 806 g/mol. The van der Waals surface area contributed by atoms with Crippen molar-refractivity contribution in [3.63, 3.8) is 0 Å². The van der Waals surface area contributed by atoms with Gasteiger partial charge in [-0.25, -0.2) is 26.4 Å². The molecule has 10 nitrogen and oxygen atoms in total. The number of hydrogen-bond acceptors (Lipinski definition) is 8. The molecule has 20 heteroatoms. The number of sulfonamides is 2. The fourth-order valence-corrected chi connectivity index (χ4v) is 6.09. The second kappa shape index (κ2) is 22.8. The number of esters is 2. The molecule has 0 aliphatic heterocycles. The molecule has 0 fully saturated rings. The van der Waals surface area contributed by atoms with Crippen LogP contribution in [0.5, 0.6) is 0 Å². The summed E-state index contributed by atoms with van der Waals surface area (Å²) in [7, 11) is -11.0. The van der Waals surface area contributed by atoms with Crippen LogP contribution in [0.25, 0.3) is 9.44 Å². The molecule has 0 heterocycles. The minimum absolute atomic E-state index is 0. The molecule has 0 aliphatic carbocycles. The maximum absolute atomic E-state index is 11.7. The Balaban J connectivity index is 0.000000750. The van der Waals surface area contributed by atoms with Crippen LogP contribution < -0.4 is 29.6 Å². The average Bonchev–Trinajstić information content (AvgIpc) is 3.06. The SMILES string of the molecule is C=C(C)C(=O)OCC[N-]S(=O)(=O)C(F)(F)F.C=C(C)C(=O)OCC[N-]S(=O)(=O)C(F)(F)F.[Na+].c1ccc([S+](c2ccccc2)c2ccccc2)cc1. The summed E-state index contributed by atoms with van der Waals surface area (Å²) in [5.41, 5.74) is -10.7. The Labute approximate surface area is 323 Å². The predicted octanol–water partition coefficient (Wildman–Crippen LogP) is 4.44. The number of hydrogen-bond donors (Lipinski definition) is 0. The second-order valence-corrected chi connectivity index (χ2v) is 15.0. The first kappa shape index (κ1) is 48.8. The molecular formula is C32H33F6N2NaO8S3. The van der Waals surface area contributed by atoms with E-state index in [9.17, 15) is 52.8 Å². The van der Waals surface area contributed by atoms with Gasteiger partial charge >= 0.3 is 52.5 Å². The fourth-order valence-electron chi connectivity index (χ4n) is 3.06. The van der Waals surface area contributed by atoms with Crippen molar-refractivity contribution in [1.29, 1.82) is 0 Å². The Bertz CT molecular complexity index is 1630. The number of benzene rings is 3. The van der Waals surface area contributed by atoms with Gasteiger partial charge in [0.25, 0.3) is 0 Å². The van der Waals surface area contributed by atoms with E-state index in [-0.39, 0.29) is 51.6 Å². The molecule has 0 unspecified atom stereocenters. The summed E-state index contributed by atoms with van der Waals surface area (Å²) in [6.45, 7) is 6.45. The molecule has 0 amide bonds. The molecule has 0 spiro atoms. The molecule has 0 N–H and O–H groups in total. The van der Waals surface area contributed by atoms with E-state index in [1.165, 1.54) is 28.5 Å². The molecule has 0 bridgehead atoms. The Hall–Kier alpha value is -3.17. The van der Waals surface area contributed by atoms with E-state index >= 15 is 0 Å². The minimum atomic E-state index is -5.50. The van der Waals surface area contributed by atoms with E-state index in [0.29, 0.717) is 0 Å². The summed E-state index contributed by atoms with van der Waals surface area (Å²) in [5.74, 6) is -1.64. The Morgan fingerprint density at radius 2 is 0.846 bits per heavy atom. The molecule has 0 radical (unpaired) electrons. The van der Waals surface area contributed by atoms with Crippen LogP contribution >= 0.6 is 0 Å². The van der Waals surface area contributed by atoms with Crippen LogP contribution in [-0.4, -0.2) is 66.1 Å². The van der Waals surface area contributed by atoms with E-state index in [1.54, 1.807) is 0 Å². The van der Waals surface area contributed by atoms with Crippen LogP contribution in [0.1, 0.15) is 13.8 Å². The van der Waals surface area contributed by atoms with Crippen LogP contribution in [-0.2, 0) is 50.0 Å². The summed E-state index contributed by atoms with van der Waals surface area (Å²) in [6.07, 6.45) is 0. The largest absolute Gasteiger partial charge is 1.00 e. The van der Waals surface area contributed by atoms with Gasteiger partial charge in [0.05, 0.1) is 24.1 Å². The predicted molar refractivity (Wildman–Crippen MR) is 179 cm³/mol. The molecular weight excluding hydrogens is 774 g/mol. The Morgan fingerprint density at radius 1 is 0.596 bits per heavy atom. The smallest absolute Gasteiger partial charge is 0.538 e. The van der Waals surface area contributed by atoms with Crippen molar-refractivity contribution >= 4 is 42.9 Å². The molecule has 0 aromatic heterocycles. The van der Waals surface area contributed by atoms with Crippen molar-refractivity contribution in [3.8, 4) is 0 Å².